The molecule has 1 aromatic rings. The zero-order valence-electron chi connectivity index (χ0n) is 10.9. The fraction of sp³-hybridized carbons (Fsp3) is 0.364. The van der Waals surface area contributed by atoms with Crippen LogP contribution in [-0.2, 0) is 22.2 Å². The number of hydrogen-bond donors (Lipinski definition) is 4. The first-order chi connectivity index (χ1) is 9.60. The molecule has 1 rings (SSSR count). The van der Waals surface area contributed by atoms with Crippen LogP contribution in [-0.4, -0.2) is 38.0 Å². The molecular weight excluding hydrogens is 303 g/mol. The van der Waals surface area contributed by atoms with Crippen molar-refractivity contribution in [1.82, 2.24) is 0 Å². The number of carboxylic acid groups (broad SMARTS) is 1. The normalized spacial score (nSPS) is 12.9. The van der Waals surface area contributed by atoms with Crippen molar-refractivity contribution in [1.29, 1.82) is 0 Å². The Hall–Kier alpha value is -1.80. The number of nitro benzene ring substituents is 1. The van der Waals surface area contributed by atoms with E-state index < -0.39 is 30.7 Å². The van der Waals surface area contributed by atoms with Crippen molar-refractivity contribution in [2.75, 3.05) is 6.16 Å². The summed E-state index contributed by atoms with van der Waals surface area (Å²) in [6, 6.07) is 2.49. The number of rotatable bonds is 7. The van der Waals surface area contributed by atoms with Crippen molar-refractivity contribution in [3.05, 3.63) is 39.4 Å². The van der Waals surface area contributed by atoms with Crippen molar-refractivity contribution >= 4 is 19.3 Å². The Balaban J connectivity index is 3.07. The molecule has 0 aliphatic carbocycles. The summed E-state index contributed by atoms with van der Waals surface area (Å²) >= 11 is 0. The van der Waals surface area contributed by atoms with Crippen molar-refractivity contribution in [2.45, 2.75) is 18.9 Å². The first kappa shape index (κ1) is 17.3. The maximum absolute atomic E-state index is 10.9. The Kier molecular flexibility index (Phi) is 5.56. The van der Waals surface area contributed by atoms with Gasteiger partial charge in [0.25, 0.3) is 5.69 Å². The Morgan fingerprint density at radius 3 is 2.48 bits per heavy atom. The van der Waals surface area contributed by atoms with Crippen LogP contribution in [0.3, 0.4) is 0 Å². The van der Waals surface area contributed by atoms with E-state index in [0.29, 0.717) is 11.1 Å². The van der Waals surface area contributed by atoms with Crippen molar-refractivity contribution in [3.8, 4) is 0 Å². The van der Waals surface area contributed by atoms with E-state index in [1.807, 2.05) is 0 Å². The molecule has 1 atom stereocenters. The molecule has 9 nitrogen and oxygen atoms in total. The van der Waals surface area contributed by atoms with Gasteiger partial charge in [-0.25, -0.2) is 0 Å². The predicted molar refractivity (Wildman–Crippen MR) is 73.0 cm³/mol. The summed E-state index contributed by atoms with van der Waals surface area (Å²) in [5, 5.41) is 19.5. The second-order valence-electron chi connectivity index (χ2n) is 4.50. The van der Waals surface area contributed by atoms with Gasteiger partial charge in [-0.15, -0.1) is 0 Å². The smallest absolute Gasteiger partial charge is 0.325 e. The predicted octanol–water partition coefficient (Wildman–Crippen LogP) is 0.269. The van der Waals surface area contributed by atoms with Crippen LogP contribution < -0.4 is 5.73 Å². The molecular formula is C11H15N2O7P. The highest BCUT2D eigenvalue weighted by Gasteiger charge is 2.19. The number of nitro groups is 1. The fourth-order valence-corrected chi connectivity index (χ4v) is 2.28. The van der Waals surface area contributed by atoms with Gasteiger partial charge in [-0.2, -0.15) is 0 Å². The average Bonchev–Trinajstić information content (AvgIpc) is 2.35. The SMILES string of the molecule is N[C@@H](Cc1cc([N+](=O)[O-])ccc1CCP(=O)(O)O)C(=O)O. The second kappa shape index (κ2) is 6.77. The van der Waals surface area contributed by atoms with Gasteiger partial charge in [-0.05, 0) is 24.0 Å². The molecule has 0 aliphatic heterocycles. The number of aliphatic carboxylic acids is 1. The van der Waals surface area contributed by atoms with Crippen LogP contribution in [0.2, 0.25) is 0 Å². The first-order valence-corrected chi connectivity index (χ1v) is 7.69. The third-order valence-corrected chi connectivity index (χ3v) is 3.64. The quantitative estimate of drug-likeness (QED) is 0.316. The fourth-order valence-electron chi connectivity index (χ4n) is 1.75. The second-order valence-corrected chi connectivity index (χ2v) is 6.27. The molecule has 10 heteroatoms. The lowest BCUT2D eigenvalue weighted by atomic mass is 9.98. The standard InChI is InChI=1S/C11H15N2O7P/c12-10(11(14)15)6-8-5-9(13(16)17)2-1-7(8)3-4-21(18,19)20/h1-2,5,10H,3-4,6,12H2,(H,14,15)(H2,18,19,20)/t10-/m0/s1. The number of nitrogens with zero attached hydrogens (tertiary/aromatic N) is 1. The summed E-state index contributed by atoms with van der Waals surface area (Å²) in [4.78, 5) is 38.6. The summed E-state index contributed by atoms with van der Waals surface area (Å²) in [6.07, 6.45) is -0.614. The van der Waals surface area contributed by atoms with E-state index in [1.165, 1.54) is 18.2 Å². The highest BCUT2D eigenvalue weighted by atomic mass is 31.2. The summed E-state index contributed by atoms with van der Waals surface area (Å²) in [6.45, 7) is 0. The van der Waals surface area contributed by atoms with Gasteiger partial charge in [0.05, 0.1) is 11.1 Å². The monoisotopic (exact) mass is 318 g/mol. The molecule has 0 bridgehead atoms. The third kappa shape index (κ3) is 5.60. The van der Waals surface area contributed by atoms with E-state index in [4.69, 9.17) is 20.6 Å². The van der Waals surface area contributed by atoms with Crippen LogP contribution >= 0.6 is 7.60 Å². The maximum atomic E-state index is 10.9. The van der Waals surface area contributed by atoms with Gasteiger partial charge in [0.1, 0.15) is 6.04 Å². The van der Waals surface area contributed by atoms with Crippen LogP contribution in [0.4, 0.5) is 5.69 Å². The Bertz CT molecular complexity index is 598. The van der Waals surface area contributed by atoms with E-state index in [0.717, 1.165) is 0 Å². The van der Waals surface area contributed by atoms with E-state index in [1.54, 1.807) is 0 Å². The van der Waals surface area contributed by atoms with E-state index in [2.05, 4.69) is 0 Å². The molecule has 0 saturated heterocycles. The first-order valence-electron chi connectivity index (χ1n) is 5.89. The molecule has 0 amide bonds. The summed E-state index contributed by atoms with van der Waals surface area (Å²) in [5.74, 6) is -1.26. The molecule has 0 spiro atoms. The van der Waals surface area contributed by atoms with Crippen LogP contribution in [0, 0.1) is 10.1 Å². The zero-order chi connectivity index (χ0) is 16.2. The minimum Gasteiger partial charge on any atom is -0.480 e. The van der Waals surface area contributed by atoms with Crippen molar-refractivity contribution in [2.24, 2.45) is 5.73 Å². The van der Waals surface area contributed by atoms with Gasteiger partial charge in [0.2, 0.25) is 0 Å². The van der Waals surface area contributed by atoms with Crippen LogP contribution in [0.15, 0.2) is 18.2 Å². The van der Waals surface area contributed by atoms with Crippen molar-refractivity contribution in [3.63, 3.8) is 0 Å². The molecule has 0 heterocycles. The number of non-ortho nitro benzene ring substituents is 1. The minimum absolute atomic E-state index is 0.0239. The van der Waals surface area contributed by atoms with Crippen LogP contribution in [0.1, 0.15) is 11.1 Å². The molecule has 5 N–H and O–H groups in total. The van der Waals surface area contributed by atoms with Gasteiger partial charge in [0, 0.05) is 12.1 Å². The lowest BCUT2D eigenvalue weighted by Crippen LogP contribution is -2.32. The number of hydrogen-bond acceptors (Lipinski definition) is 5. The third-order valence-electron chi connectivity index (χ3n) is 2.83. The van der Waals surface area contributed by atoms with E-state index >= 15 is 0 Å². The van der Waals surface area contributed by atoms with E-state index in [9.17, 15) is 19.5 Å². The zero-order valence-corrected chi connectivity index (χ0v) is 11.8. The van der Waals surface area contributed by atoms with Gasteiger partial charge in [-0.1, -0.05) is 6.07 Å². The van der Waals surface area contributed by atoms with Gasteiger partial charge in [0.15, 0.2) is 0 Å². The van der Waals surface area contributed by atoms with Gasteiger partial charge in [-0.3, -0.25) is 19.5 Å². The topological polar surface area (TPSA) is 164 Å². The number of aryl methyl sites for hydroxylation is 1. The largest absolute Gasteiger partial charge is 0.480 e. The molecule has 0 unspecified atom stereocenters. The average molecular weight is 318 g/mol. The highest BCUT2D eigenvalue weighted by Crippen LogP contribution is 2.35. The molecule has 1 aromatic carbocycles. The molecule has 0 aliphatic rings. The summed E-state index contributed by atoms with van der Waals surface area (Å²) in [5.41, 5.74) is 5.90. The van der Waals surface area contributed by atoms with Crippen LogP contribution in [0.5, 0.6) is 0 Å². The lowest BCUT2D eigenvalue weighted by Gasteiger charge is -2.12. The van der Waals surface area contributed by atoms with Crippen LogP contribution in [0.25, 0.3) is 0 Å². The highest BCUT2D eigenvalue weighted by molar-refractivity contribution is 7.51. The number of benzene rings is 1. The van der Waals surface area contributed by atoms with Gasteiger partial charge < -0.3 is 20.6 Å². The molecule has 116 valence electrons. The summed E-state index contributed by atoms with van der Waals surface area (Å²) < 4.78 is 10.9. The Labute approximate surface area is 119 Å². The van der Waals surface area contributed by atoms with Crippen molar-refractivity contribution < 1.29 is 29.2 Å². The minimum atomic E-state index is -4.22. The summed E-state index contributed by atoms with van der Waals surface area (Å²) in [7, 11) is -4.22. The number of nitrogens with two attached hydrogens (primary N) is 1. The molecule has 21 heavy (non-hydrogen) atoms. The molecule has 0 fully saturated rings. The lowest BCUT2D eigenvalue weighted by molar-refractivity contribution is -0.384. The molecule has 0 aromatic heterocycles. The Morgan fingerprint density at radius 2 is 2.00 bits per heavy atom. The van der Waals surface area contributed by atoms with E-state index in [-0.39, 0.29) is 18.5 Å². The maximum Gasteiger partial charge on any atom is 0.325 e. The number of carbonyl (C=O) groups is 1. The molecule has 0 saturated carbocycles. The number of carboxylic acids is 1. The van der Waals surface area contributed by atoms with Gasteiger partial charge >= 0.3 is 13.6 Å². The molecule has 0 radical (unpaired) electrons. The Morgan fingerprint density at radius 1 is 1.38 bits per heavy atom.